The Labute approximate surface area is 235 Å². The standard InChI is InChI=1S/C38H22N2O/c1-2-9-26-25(8-1)22-39-36-31(26)20-21-32-28-10-3-4-12-30(28)35(40-37(32)36)24-18-16-23(17-19-24)27-13-7-14-33-29-11-5-6-15-34(29)41-38(27)33/h1-22H. The van der Waals surface area contributed by atoms with E-state index < -0.39 is 0 Å². The topological polar surface area (TPSA) is 38.9 Å². The fraction of sp³-hybridized carbons (Fsp3) is 0. The van der Waals surface area contributed by atoms with Gasteiger partial charge in [0.2, 0.25) is 0 Å². The zero-order chi connectivity index (χ0) is 26.9. The van der Waals surface area contributed by atoms with Crippen LogP contribution < -0.4 is 0 Å². The van der Waals surface area contributed by atoms with Crippen molar-refractivity contribution in [3.8, 4) is 22.4 Å². The number of aromatic nitrogens is 2. The highest BCUT2D eigenvalue weighted by molar-refractivity contribution is 6.21. The van der Waals surface area contributed by atoms with Crippen LogP contribution in [0.1, 0.15) is 0 Å². The minimum atomic E-state index is 0.909. The molecule has 0 bridgehead atoms. The van der Waals surface area contributed by atoms with Gasteiger partial charge in [-0.3, -0.25) is 4.98 Å². The summed E-state index contributed by atoms with van der Waals surface area (Å²) in [6, 6.07) is 44.6. The van der Waals surface area contributed by atoms with Gasteiger partial charge < -0.3 is 4.42 Å². The zero-order valence-electron chi connectivity index (χ0n) is 22.0. The van der Waals surface area contributed by atoms with Gasteiger partial charge in [-0.2, -0.15) is 0 Å². The van der Waals surface area contributed by atoms with Crippen LogP contribution in [0.3, 0.4) is 0 Å². The van der Waals surface area contributed by atoms with E-state index in [-0.39, 0.29) is 0 Å². The lowest BCUT2D eigenvalue weighted by molar-refractivity contribution is 0.670. The third-order valence-corrected chi connectivity index (χ3v) is 8.30. The first kappa shape index (κ1) is 22.3. The molecule has 0 aliphatic rings. The summed E-state index contributed by atoms with van der Waals surface area (Å²) in [5, 5.41) is 9.16. The molecule has 3 heteroatoms. The Morgan fingerprint density at radius 2 is 1.10 bits per heavy atom. The smallest absolute Gasteiger partial charge is 0.143 e. The maximum Gasteiger partial charge on any atom is 0.143 e. The van der Waals surface area contributed by atoms with Gasteiger partial charge in [0.15, 0.2) is 0 Å². The first-order valence-corrected chi connectivity index (χ1v) is 13.8. The van der Waals surface area contributed by atoms with Crippen LogP contribution >= 0.6 is 0 Å². The molecule has 3 nitrogen and oxygen atoms in total. The van der Waals surface area contributed by atoms with Crippen molar-refractivity contribution in [2.24, 2.45) is 0 Å². The Balaban J connectivity index is 1.26. The Morgan fingerprint density at radius 1 is 0.439 bits per heavy atom. The van der Waals surface area contributed by atoms with Crippen LogP contribution in [-0.2, 0) is 0 Å². The number of benzene rings is 6. The molecule has 9 aromatic rings. The molecule has 6 aromatic carbocycles. The van der Waals surface area contributed by atoms with Gasteiger partial charge in [0.05, 0.1) is 16.7 Å². The second-order valence-corrected chi connectivity index (χ2v) is 10.6. The van der Waals surface area contributed by atoms with E-state index in [9.17, 15) is 0 Å². The van der Waals surface area contributed by atoms with Gasteiger partial charge in [-0.1, -0.05) is 121 Å². The Hall–Kier alpha value is -5.54. The minimum Gasteiger partial charge on any atom is -0.455 e. The van der Waals surface area contributed by atoms with Gasteiger partial charge in [-0.25, -0.2) is 4.98 Å². The Morgan fingerprint density at radius 3 is 1.95 bits per heavy atom. The molecule has 41 heavy (non-hydrogen) atoms. The van der Waals surface area contributed by atoms with E-state index in [1.54, 1.807) is 0 Å². The number of rotatable bonds is 2. The predicted molar refractivity (Wildman–Crippen MR) is 170 cm³/mol. The molecule has 3 heterocycles. The lowest BCUT2D eigenvalue weighted by atomic mass is 9.96. The molecule has 3 aromatic heterocycles. The van der Waals surface area contributed by atoms with Gasteiger partial charge in [0, 0.05) is 49.6 Å². The van der Waals surface area contributed by atoms with Crippen LogP contribution in [0.15, 0.2) is 138 Å². The SMILES string of the molecule is c1ccc2c(c1)cnc1c2ccc2c3ccccc3c(-c3ccc(-c4cccc5c4oc4ccccc45)cc3)nc21. The predicted octanol–water partition coefficient (Wildman–Crippen LogP) is 10.3. The van der Waals surface area contributed by atoms with Crippen LogP contribution in [-0.4, -0.2) is 9.97 Å². The number of pyridine rings is 2. The van der Waals surface area contributed by atoms with E-state index in [2.05, 4.69) is 115 Å². The van der Waals surface area contributed by atoms with E-state index in [0.29, 0.717) is 0 Å². The van der Waals surface area contributed by atoms with Crippen molar-refractivity contribution in [2.45, 2.75) is 0 Å². The van der Waals surface area contributed by atoms with E-state index in [1.807, 2.05) is 18.3 Å². The summed E-state index contributed by atoms with van der Waals surface area (Å²) in [6.45, 7) is 0. The molecular formula is C38H22N2O. The number of hydrogen-bond acceptors (Lipinski definition) is 3. The normalized spacial score (nSPS) is 11.9. The molecule has 0 saturated carbocycles. The molecule has 0 fully saturated rings. The third-order valence-electron chi connectivity index (χ3n) is 8.30. The molecule has 0 N–H and O–H groups in total. The Kier molecular flexibility index (Phi) is 4.61. The second kappa shape index (κ2) is 8.48. The fourth-order valence-electron chi connectivity index (χ4n) is 6.35. The lowest BCUT2D eigenvalue weighted by Crippen LogP contribution is -1.93. The summed E-state index contributed by atoms with van der Waals surface area (Å²) in [7, 11) is 0. The molecule has 0 aliphatic heterocycles. The molecule has 0 unspecified atom stereocenters. The summed E-state index contributed by atoms with van der Waals surface area (Å²) >= 11 is 0. The fourth-order valence-corrected chi connectivity index (χ4v) is 6.35. The summed E-state index contributed by atoms with van der Waals surface area (Å²) in [5.74, 6) is 0. The van der Waals surface area contributed by atoms with Crippen molar-refractivity contribution in [3.05, 3.63) is 134 Å². The van der Waals surface area contributed by atoms with Crippen molar-refractivity contribution in [1.29, 1.82) is 0 Å². The van der Waals surface area contributed by atoms with Crippen LogP contribution in [0.2, 0.25) is 0 Å². The highest BCUT2D eigenvalue weighted by Gasteiger charge is 2.16. The van der Waals surface area contributed by atoms with Crippen molar-refractivity contribution < 1.29 is 4.42 Å². The third kappa shape index (κ3) is 3.26. The highest BCUT2D eigenvalue weighted by atomic mass is 16.3. The van der Waals surface area contributed by atoms with E-state index in [1.165, 1.54) is 10.8 Å². The van der Waals surface area contributed by atoms with Crippen molar-refractivity contribution >= 4 is 65.3 Å². The molecule has 0 saturated heterocycles. The molecule has 190 valence electrons. The van der Waals surface area contributed by atoms with Crippen LogP contribution in [0.4, 0.5) is 0 Å². The van der Waals surface area contributed by atoms with Crippen molar-refractivity contribution in [1.82, 2.24) is 9.97 Å². The summed E-state index contributed by atoms with van der Waals surface area (Å²) in [4.78, 5) is 10.2. The molecule has 0 amide bonds. The van der Waals surface area contributed by atoms with Crippen LogP contribution in [0, 0.1) is 0 Å². The van der Waals surface area contributed by atoms with Gasteiger partial charge in [-0.15, -0.1) is 0 Å². The quantitative estimate of drug-likeness (QED) is 0.212. The average molecular weight is 523 g/mol. The van der Waals surface area contributed by atoms with Gasteiger partial charge in [-0.05, 0) is 22.4 Å². The number of nitrogens with zero attached hydrogens (tertiary/aromatic N) is 2. The number of hydrogen-bond donors (Lipinski definition) is 0. The number of furan rings is 1. The van der Waals surface area contributed by atoms with Gasteiger partial charge in [0.1, 0.15) is 11.2 Å². The van der Waals surface area contributed by atoms with E-state index in [4.69, 9.17) is 14.4 Å². The van der Waals surface area contributed by atoms with Crippen LogP contribution in [0.5, 0.6) is 0 Å². The van der Waals surface area contributed by atoms with Crippen molar-refractivity contribution in [2.75, 3.05) is 0 Å². The summed E-state index contributed by atoms with van der Waals surface area (Å²) in [6.07, 6.45) is 1.96. The van der Waals surface area contributed by atoms with Crippen LogP contribution in [0.25, 0.3) is 87.7 Å². The molecular weight excluding hydrogens is 500 g/mol. The van der Waals surface area contributed by atoms with E-state index >= 15 is 0 Å². The largest absolute Gasteiger partial charge is 0.455 e. The molecule has 0 spiro atoms. The summed E-state index contributed by atoms with van der Waals surface area (Å²) < 4.78 is 6.31. The second-order valence-electron chi connectivity index (χ2n) is 10.6. The Bertz CT molecular complexity index is 2470. The lowest BCUT2D eigenvalue weighted by Gasteiger charge is -2.13. The zero-order valence-corrected chi connectivity index (χ0v) is 22.0. The number of fused-ring (bicyclic) bond motifs is 10. The molecule has 0 atom stereocenters. The molecule has 0 aliphatic carbocycles. The van der Waals surface area contributed by atoms with Gasteiger partial charge >= 0.3 is 0 Å². The maximum absolute atomic E-state index is 6.31. The highest BCUT2D eigenvalue weighted by Crippen LogP contribution is 2.39. The van der Waals surface area contributed by atoms with E-state index in [0.717, 1.165) is 76.9 Å². The monoisotopic (exact) mass is 522 g/mol. The first-order chi connectivity index (χ1) is 20.3. The molecule has 9 rings (SSSR count). The summed E-state index contributed by atoms with van der Waals surface area (Å²) in [5.41, 5.74) is 7.92. The van der Waals surface area contributed by atoms with Gasteiger partial charge in [0.25, 0.3) is 0 Å². The first-order valence-electron chi connectivity index (χ1n) is 13.8. The van der Waals surface area contributed by atoms with Crippen molar-refractivity contribution in [3.63, 3.8) is 0 Å². The molecule has 0 radical (unpaired) electrons. The average Bonchev–Trinajstić information content (AvgIpc) is 3.43. The minimum absolute atomic E-state index is 0.909. The maximum atomic E-state index is 6.31. The number of para-hydroxylation sites is 2.